The molecule has 2 aliphatic rings. The van der Waals surface area contributed by atoms with Gasteiger partial charge in [0.15, 0.2) is 0 Å². The Labute approximate surface area is 220 Å². The Morgan fingerprint density at radius 1 is 1.14 bits per heavy atom. The Kier molecular flexibility index (Phi) is 9.71. The Bertz CT molecular complexity index is 952. The smallest absolute Gasteiger partial charge is 0.119 e. The molecule has 0 saturated carbocycles. The van der Waals surface area contributed by atoms with Gasteiger partial charge in [-0.25, -0.2) is 0 Å². The van der Waals surface area contributed by atoms with Gasteiger partial charge >= 0.3 is 0 Å². The Morgan fingerprint density at radius 2 is 1.89 bits per heavy atom. The Morgan fingerprint density at radius 3 is 2.56 bits per heavy atom. The third-order valence-electron chi connectivity index (χ3n) is 7.49. The number of aryl methyl sites for hydroxylation is 1. The van der Waals surface area contributed by atoms with E-state index in [0.717, 1.165) is 68.1 Å². The predicted octanol–water partition coefficient (Wildman–Crippen LogP) is 4.58. The van der Waals surface area contributed by atoms with Gasteiger partial charge in [-0.3, -0.25) is 4.98 Å². The minimum absolute atomic E-state index is 0.0433. The van der Waals surface area contributed by atoms with Gasteiger partial charge < -0.3 is 29.1 Å². The zero-order valence-electron chi connectivity index (χ0n) is 21.7. The zero-order chi connectivity index (χ0) is 25.5. The maximum Gasteiger partial charge on any atom is 0.119 e. The molecule has 0 radical (unpaired) electrons. The molecule has 2 aromatic rings. The van der Waals surface area contributed by atoms with Crippen molar-refractivity contribution in [3.8, 4) is 5.75 Å². The van der Waals surface area contributed by atoms with Gasteiger partial charge in [-0.2, -0.15) is 0 Å². The number of rotatable bonds is 11. The molecule has 1 N–H and O–H groups in total. The molecule has 4 rings (SSSR count). The summed E-state index contributed by atoms with van der Waals surface area (Å²) in [5, 5.41) is 10.8. The van der Waals surface area contributed by atoms with Crippen molar-refractivity contribution < 1.29 is 19.3 Å². The van der Waals surface area contributed by atoms with Gasteiger partial charge in [0.25, 0.3) is 0 Å². The van der Waals surface area contributed by atoms with Gasteiger partial charge in [-0.05, 0) is 43.2 Å². The second-order valence-electron chi connectivity index (χ2n) is 9.80. The molecule has 3 heterocycles. The monoisotopic (exact) mass is 517 g/mol. The number of pyridine rings is 1. The minimum Gasteiger partial charge on any atom is -0.490 e. The number of benzene rings is 1. The molecule has 0 spiro atoms. The summed E-state index contributed by atoms with van der Waals surface area (Å²) >= 11 is 6.43. The second-order valence-corrected chi connectivity index (χ2v) is 10.2. The summed E-state index contributed by atoms with van der Waals surface area (Å²) < 4.78 is 17.6. The van der Waals surface area contributed by atoms with Crippen LogP contribution in [0.3, 0.4) is 0 Å². The van der Waals surface area contributed by atoms with Gasteiger partial charge in [0.05, 0.1) is 29.5 Å². The summed E-state index contributed by atoms with van der Waals surface area (Å²) in [4.78, 5) is 8.98. The van der Waals surface area contributed by atoms with Crippen molar-refractivity contribution in [3.05, 3.63) is 47.2 Å². The van der Waals surface area contributed by atoms with E-state index in [1.54, 1.807) is 13.3 Å². The molecule has 8 heteroatoms. The predicted molar refractivity (Wildman–Crippen MR) is 145 cm³/mol. The molecular weight excluding hydrogens is 478 g/mol. The van der Waals surface area contributed by atoms with E-state index in [1.165, 1.54) is 0 Å². The molecule has 198 valence electrons. The molecule has 2 fully saturated rings. The van der Waals surface area contributed by atoms with E-state index >= 15 is 0 Å². The largest absolute Gasteiger partial charge is 0.490 e. The SMILES string of the molecule is CCc1cc(N2CCC(Oc3ccc(N4C[C@H](OCCCOC)[C@@H](C)[C@@H]4CO)cc3)CC2)c(Cl)cn1. The number of aliphatic hydroxyl groups excluding tert-OH is 1. The fraction of sp³-hybridized carbons (Fsp3) is 0.607. The highest BCUT2D eigenvalue weighted by Gasteiger charge is 2.39. The molecule has 36 heavy (non-hydrogen) atoms. The van der Waals surface area contributed by atoms with Crippen LogP contribution in [0.25, 0.3) is 0 Å². The standard InChI is InChI=1S/C28H40ClN3O4/c1-4-21-16-26(25(29)17-30-21)31-12-10-24(11-13-31)36-23-8-6-22(7-9-23)32-18-28(20(2)27(32)19-33)35-15-5-14-34-3/h6-9,16-17,20,24,27-28,33H,4-5,10-15,18-19H2,1-3H3/t20-,27-,28-/m0/s1. The first-order chi connectivity index (χ1) is 17.5. The van der Waals surface area contributed by atoms with Crippen LogP contribution in [-0.4, -0.2) is 74.9 Å². The average Bonchev–Trinajstić information content (AvgIpc) is 3.23. The van der Waals surface area contributed by atoms with E-state index in [2.05, 4.69) is 46.8 Å². The number of hydrogen-bond donors (Lipinski definition) is 1. The van der Waals surface area contributed by atoms with E-state index < -0.39 is 0 Å². The number of anilines is 2. The van der Waals surface area contributed by atoms with Gasteiger partial charge in [0, 0.05) is 76.3 Å². The third-order valence-corrected chi connectivity index (χ3v) is 7.78. The Balaban J connectivity index is 1.31. The van der Waals surface area contributed by atoms with Gasteiger partial charge in [-0.1, -0.05) is 25.4 Å². The summed E-state index contributed by atoms with van der Waals surface area (Å²) in [6.07, 6.45) is 5.71. The van der Waals surface area contributed by atoms with E-state index in [4.69, 9.17) is 25.8 Å². The number of ether oxygens (including phenoxy) is 3. The summed E-state index contributed by atoms with van der Waals surface area (Å²) in [6, 6.07) is 10.4. The molecule has 0 amide bonds. The summed E-state index contributed by atoms with van der Waals surface area (Å²) in [5.41, 5.74) is 3.23. The maximum absolute atomic E-state index is 10.1. The first-order valence-electron chi connectivity index (χ1n) is 13.2. The summed E-state index contributed by atoms with van der Waals surface area (Å²) in [6.45, 7) is 8.34. The number of halogens is 1. The maximum atomic E-state index is 10.1. The molecule has 1 aromatic carbocycles. The van der Waals surface area contributed by atoms with Crippen LogP contribution in [0, 0.1) is 5.92 Å². The molecule has 1 aromatic heterocycles. The topological polar surface area (TPSA) is 67.3 Å². The van der Waals surface area contributed by atoms with Gasteiger partial charge in [0.2, 0.25) is 0 Å². The number of hydrogen-bond acceptors (Lipinski definition) is 7. The molecule has 2 aliphatic heterocycles. The first kappa shape index (κ1) is 27.0. The number of nitrogens with zero attached hydrogens (tertiary/aromatic N) is 3. The lowest BCUT2D eigenvalue weighted by Gasteiger charge is -2.34. The molecule has 7 nitrogen and oxygen atoms in total. The molecule has 0 bridgehead atoms. The second kappa shape index (κ2) is 13.0. The van der Waals surface area contributed by atoms with Crippen molar-refractivity contribution in [2.75, 3.05) is 56.4 Å². The Hall–Kier alpha value is -2.06. The van der Waals surface area contributed by atoms with Crippen molar-refractivity contribution in [3.63, 3.8) is 0 Å². The molecule has 0 unspecified atom stereocenters. The quantitative estimate of drug-likeness (QED) is 0.437. The van der Waals surface area contributed by atoms with E-state index in [0.29, 0.717) is 18.2 Å². The number of piperidine rings is 1. The normalized spacial score (nSPS) is 22.9. The van der Waals surface area contributed by atoms with Crippen molar-refractivity contribution in [2.24, 2.45) is 5.92 Å². The lowest BCUT2D eigenvalue weighted by molar-refractivity contribution is 0.0241. The number of aliphatic hydroxyl groups is 1. The van der Waals surface area contributed by atoms with Crippen molar-refractivity contribution in [1.82, 2.24) is 4.98 Å². The molecule has 2 saturated heterocycles. The molecule has 0 aliphatic carbocycles. The van der Waals surface area contributed by atoms with E-state index in [-0.39, 0.29) is 30.8 Å². The number of methoxy groups -OCH3 is 1. The fourth-order valence-electron chi connectivity index (χ4n) is 5.26. The van der Waals surface area contributed by atoms with Crippen LogP contribution in [0.5, 0.6) is 5.75 Å². The lowest BCUT2D eigenvalue weighted by Crippen LogP contribution is -2.38. The van der Waals surface area contributed by atoms with Crippen LogP contribution in [0.15, 0.2) is 36.5 Å². The van der Waals surface area contributed by atoms with Crippen LogP contribution in [0.2, 0.25) is 5.02 Å². The highest BCUT2D eigenvalue weighted by Crippen LogP contribution is 2.33. The van der Waals surface area contributed by atoms with Crippen molar-refractivity contribution in [1.29, 1.82) is 0 Å². The van der Waals surface area contributed by atoms with Crippen LogP contribution in [-0.2, 0) is 15.9 Å². The van der Waals surface area contributed by atoms with Crippen LogP contribution < -0.4 is 14.5 Å². The zero-order valence-corrected chi connectivity index (χ0v) is 22.5. The fourth-order valence-corrected chi connectivity index (χ4v) is 5.48. The first-order valence-corrected chi connectivity index (χ1v) is 13.6. The highest BCUT2D eigenvalue weighted by molar-refractivity contribution is 6.33. The van der Waals surface area contributed by atoms with Gasteiger partial charge in [0.1, 0.15) is 11.9 Å². The molecular formula is C28H40ClN3O4. The summed E-state index contributed by atoms with van der Waals surface area (Å²) in [5.74, 6) is 1.13. The minimum atomic E-state index is 0.0433. The number of aromatic nitrogens is 1. The van der Waals surface area contributed by atoms with E-state index in [1.807, 2.05) is 12.1 Å². The highest BCUT2D eigenvalue weighted by atomic mass is 35.5. The van der Waals surface area contributed by atoms with Crippen molar-refractivity contribution in [2.45, 2.75) is 57.8 Å². The van der Waals surface area contributed by atoms with Crippen LogP contribution in [0.1, 0.15) is 38.8 Å². The molecule has 3 atom stereocenters. The van der Waals surface area contributed by atoms with Crippen LogP contribution in [0.4, 0.5) is 11.4 Å². The van der Waals surface area contributed by atoms with Crippen LogP contribution >= 0.6 is 11.6 Å². The van der Waals surface area contributed by atoms with E-state index in [9.17, 15) is 5.11 Å². The average molecular weight is 518 g/mol. The van der Waals surface area contributed by atoms with Crippen molar-refractivity contribution >= 4 is 23.0 Å². The summed E-state index contributed by atoms with van der Waals surface area (Å²) in [7, 11) is 1.71. The third kappa shape index (κ3) is 6.43. The lowest BCUT2D eigenvalue weighted by atomic mass is 10.0. The van der Waals surface area contributed by atoms with Gasteiger partial charge in [-0.15, -0.1) is 0 Å².